The van der Waals surface area contributed by atoms with Gasteiger partial charge in [-0.1, -0.05) is 18.6 Å². The lowest BCUT2D eigenvalue weighted by atomic mass is 10.1. The number of rotatable bonds is 4. The van der Waals surface area contributed by atoms with Crippen LogP contribution in [0, 0.1) is 6.92 Å². The van der Waals surface area contributed by atoms with Gasteiger partial charge in [0.1, 0.15) is 5.82 Å². The van der Waals surface area contributed by atoms with E-state index in [0.717, 1.165) is 17.8 Å². The zero-order chi connectivity index (χ0) is 13.8. The Morgan fingerprint density at radius 2 is 2.32 bits per heavy atom. The van der Waals surface area contributed by atoms with E-state index in [0.29, 0.717) is 11.3 Å². The monoisotopic (exact) mass is 258 g/mol. The number of nitrogens with zero attached hydrogens (tertiary/aromatic N) is 1. The van der Waals surface area contributed by atoms with Crippen molar-refractivity contribution in [2.45, 2.75) is 26.3 Å². The van der Waals surface area contributed by atoms with Crippen LogP contribution in [0.5, 0.6) is 0 Å². The van der Waals surface area contributed by atoms with Crippen molar-refractivity contribution in [1.82, 2.24) is 15.3 Å². The molecule has 0 fully saturated rings. The molecule has 1 aromatic carbocycles. The van der Waals surface area contributed by atoms with Crippen molar-refractivity contribution in [3.8, 4) is 0 Å². The second-order valence-corrected chi connectivity index (χ2v) is 4.50. The number of hydrogen-bond donors (Lipinski definition) is 3. The van der Waals surface area contributed by atoms with E-state index in [4.69, 9.17) is 5.73 Å². The maximum atomic E-state index is 12.2. The molecule has 100 valence electrons. The van der Waals surface area contributed by atoms with Gasteiger partial charge in [-0.05, 0) is 25.5 Å². The molecular weight excluding hydrogens is 240 g/mol. The van der Waals surface area contributed by atoms with E-state index in [9.17, 15) is 4.79 Å². The first-order chi connectivity index (χ1) is 9.11. The van der Waals surface area contributed by atoms with Crippen LogP contribution in [0.4, 0.5) is 5.69 Å². The molecule has 0 saturated carbocycles. The van der Waals surface area contributed by atoms with E-state index in [1.54, 1.807) is 24.5 Å². The van der Waals surface area contributed by atoms with Crippen LogP contribution in [0.2, 0.25) is 0 Å². The fourth-order valence-electron chi connectivity index (χ4n) is 1.93. The molecule has 4 N–H and O–H groups in total. The molecule has 0 aliphatic carbocycles. The van der Waals surface area contributed by atoms with E-state index >= 15 is 0 Å². The molecule has 1 unspecified atom stereocenters. The largest absolute Gasteiger partial charge is 0.398 e. The number of benzene rings is 1. The summed E-state index contributed by atoms with van der Waals surface area (Å²) in [6.45, 7) is 3.92. The smallest absolute Gasteiger partial charge is 0.253 e. The SMILES string of the molecule is CCC(NC(=O)c1cc(C)ccc1N)c1ncc[nH]1. The van der Waals surface area contributed by atoms with Gasteiger partial charge in [0.2, 0.25) is 0 Å². The van der Waals surface area contributed by atoms with Crippen molar-refractivity contribution in [3.63, 3.8) is 0 Å². The highest BCUT2D eigenvalue weighted by Crippen LogP contribution is 2.17. The average Bonchev–Trinajstić information content (AvgIpc) is 2.92. The topological polar surface area (TPSA) is 83.8 Å². The summed E-state index contributed by atoms with van der Waals surface area (Å²) in [4.78, 5) is 19.4. The Bertz CT molecular complexity index is 563. The lowest BCUT2D eigenvalue weighted by Crippen LogP contribution is -2.29. The Balaban J connectivity index is 2.18. The fourth-order valence-corrected chi connectivity index (χ4v) is 1.93. The summed E-state index contributed by atoms with van der Waals surface area (Å²) in [6, 6.07) is 5.29. The van der Waals surface area contributed by atoms with Crippen molar-refractivity contribution in [1.29, 1.82) is 0 Å². The van der Waals surface area contributed by atoms with Gasteiger partial charge < -0.3 is 16.0 Å². The van der Waals surface area contributed by atoms with Crippen LogP contribution in [-0.2, 0) is 0 Å². The standard InChI is InChI=1S/C14H18N4O/c1-3-12(13-16-6-7-17-13)18-14(19)10-8-9(2)4-5-11(10)15/h4-8,12H,3,15H2,1-2H3,(H,16,17)(H,18,19). The summed E-state index contributed by atoms with van der Waals surface area (Å²) in [5.41, 5.74) is 7.84. The highest BCUT2D eigenvalue weighted by atomic mass is 16.1. The Morgan fingerprint density at radius 1 is 1.53 bits per heavy atom. The predicted octanol–water partition coefficient (Wildman–Crippen LogP) is 2.18. The maximum Gasteiger partial charge on any atom is 0.253 e. The molecule has 0 bridgehead atoms. The number of aryl methyl sites for hydroxylation is 1. The molecule has 0 saturated heterocycles. The Labute approximate surface area is 112 Å². The molecule has 0 aliphatic rings. The summed E-state index contributed by atoms with van der Waals surface area (Å²) in [5, 5.41) is 2.94. The second kappa shape index (κ2) is 5.56. The van der Waals surface area contributed by atoms with E-state index in [-0.39, 0.29) is 11.9 Å². The van der Waals surface area contributed by atoms with Gasteiger partial charge in [0.15, 0.2) is 0 Å². The van der Waals surface area contributed by atoms with Crippen LogP contribution < -0.4 is 11.1 Å². The van der Waals surface area contributed by atoms with Gasteiger partial charge in [-0.15, -0.1) is 0 Å². The Hall–Kier alpha value is -2.30. The minimum absolute atomic E-state index is 0.137. The summed E-state index contributed by atoms with van der Waals surface area (Å²) in [5.74, 6) is 0.575. The number of amides is 1. The maximum absolute atomic E-state index is 12.2. The average molecular weight is 258 g/mol. The van der Waals surface area contributed by atoms with Gasteiger partial charge >= 0.3 is 0 Å². The number of hydrogen-bond acceptors (Lipinski definition) is 3. The molecule has 0 aliphatic heterocycles. The van der Waals surface area contributed by atoms with Crippen LogP contribution >= 0.6 is 0 Å². The molecule has 5 nitrogen and oxygen atoms in total. The minimum atomic E-state index is -0.176. The fraction of sp³-hybridized carbons (Fsp3) is 0.286. The van der Waals surface area contributed by atoms with Crippen molar-refractivity contribution in [2.75, 3.05) is 5.73 Å². The summed E-state index contributed by atoms with van der Waals surface area (Å²) in [6.07, 6.45) is 4.17. The van der Waals surface area contributed by atoms with Gasteiger partial charge in [0, 0.05) is 18.1 Å². The number of imidazole rings is 1. The van der Waals surface area contributed by atoms with E-state index in [1.807, 2.05) is 19.9 Å². The predicted molar refractivity (Wildman–Crippen MR) is 74.7 cm³/mol. The second-order valence-electron chi connectivity index (χ2n) is 4.50. The Kier molecular flexibility index (Phi) is 3.85. The van der Waals surface area contributed by atoms with Crippen molar-refractivity contribution >= 4 is 11.6 Å². The molecular formula is C14H18N4O. The molecule has 1 atom stereocenters. The Morgan fingerprint density at radius 3 is 2.95 bits per heavy atom. The first kappa shape index (κ1) is 13.1. The van der Waals surface area contributed by atoms with Crippen LogP contribution in [-0.4, -0.2) is 15.9 Å². The van der Waals surface area contributed by atoms with Crippen LogP contribution in [0.15, 0.2) is 30.6 Å². The zero-order valence-electron chi connectivity index (χ0n) is 11.1. The summed E-state index contributed by atoms with van der Waals surface area (Å²) < 4.78 is 0. The van der Waals surface area contributed by atoms with Gasteiger partial charge in [0.05, 0.1) is 11.6 Å². The highest BCUT2D eigenvalue weighted by Gasteiger charge is 2.17. The lowest BCUT2D eigenvalue weighted by Gasteiger charge is -2.15. The zero-order valence-corrected chi connectivity index (χ0v) is 11.1. The van der Waals surface area contributed by atoms with Gasteiger partial charge in [0.25, 0.3) is 5.91 Å². The molecule has 5 heteroatoms. The number of carbonyl (C=O) groups is 1. The number of nitrogens with one attached hydrogen (secondary N) is 2. The first-order valence-electron chi connectivity index (χ1n) is 6.28. The van der Waals surface area contributed by atoms with Crippen LogP contribution in [0.25, 0.3) is 0 Å². The van der Waals surface area contributed by atoms with Crippen molar-refractivity contribution < 1.29 is 4.79 Å². The normalized spacial score (nSPS) is 12.1. The van der Waals surface area contributed by atoms with E-state index in [1.165, 1.54) is 0 Å². The van der Waals surface area contributed by atoms with Crippen LogP contribution in [0.3, 0.4) is 0 Å². The third-order valence-corrected chi connectivity index (χ3v) is 3.02. The molecule has 0 spiro atoms. The van der Waals surface area contributed by atoms with E-state index in [2.05, 4.69) is 15.3 Å². The number of nitrogen functional groups attached to an aromatic ring is 1. The van der Waals surface area contributed by atoms with Gasteiger partial charge in [-0.3, -0.25) is 4.79 Å². The first-order valence-corrected chi connectivity index (χ1v) is 6.28. The number of carbonyl (C=O) groups excluding carboxylic acids is 1. The number of aromatic amines is 1. The number of H-pyrrole nitrogens is 1. The van der Waals surface area contributed by atoms with E-state index < -0.39 is 0 Å². The molecule has 2 rings (SSSR count). The molecule has 1 aromatic heterocycles. The van der Waals surface area contributed by atoms with Crippen molar-refractivity contribution in [2.24, 2.45) is 0 Å². The molecule has 0 radical (unpaired) electrons. The number of aromatic nitrogens is 2. The van der Waals surface area contributed by atoms with Gasteiger partial charge in [-0.25, -0.2) is 4.98 Å². The summed E-state index contributed by atoms with van der Waals surface area (Å²) in [7, 11) is 0. The van der Waals surface area contributed by atoms with Crippen molar-refractivity contribution in [3.05, 3.63) is 47.5 Å². The quantitative estimate of drug-likeness (QED) is 0.735. The third kappa shape index (κ3) is 2.93. The van der Waals surface area contributed by atoms with Gasteiger partial charge in [-0.2, -0.15) is 0 Å². The minimum Gasteiger partial charge on any atom is -0.398 e. The number of nitrogens with two attached hydrogens (primary N) is 1. The number of anilines is 1. The highest BCUT2D eigenvalue weighted by molar-refractivity contribution is 5.99. The third-order valence-electron chi connectivity index (χ3n) is 3.02. The van der Waals surface area contributed by atoms with Crippen LogP contribution in [0.1, 0.15) is 41.1 Å². The summed E-state index contributed by atoms with van der Waals surface area (Å²) >= 11 is 0. The molecule has 2 aromatic rings. The molecule has 1 amide bonds. The molecule has 19 heavy (non-hydrogen) atoms. The molecule has 1 heterocycles. The lowest BCUT2D eigenvalue weighted by molar-refractivity contribution is 0.0934.